The lowest BCUT2D eigenvalue weighted by molar-refractivity contribution is -0.0765. The van der Waals surface area contributed by atoms with Crippen molar-refractivity contribution in [2.75, 3.05) is 19.8 Å². The van der Waals surface area contributed by atoms with Gasteiger partial charge < -0.3 is 14.6 Å². The molecule has 0 bridgehead atoms. The zero-order valence-electron chi connectivity index (χ0n) is 4.54. The molecule has 1 aliphatic rings. The molecule has 3 nitrogen and oxygen atoms in total. The van der Waals surface area contributed by atoms with Crippen molar-refractivity contribution in [3.8, 4) is 0 Å². The number of rotatable bonds is 1. The fourth-order valence-corrected chi connectivity index (χ4v) is 0.552. The molecule has 1 saturated heterocycles. The van der Waals surface area contributed by atoms with Gasteiger partial charge in [0.2, 0.25) is 0 Å². The zero-order valence-corrected chi connectivity index (χ0v) is 4.54. The van der Waals surface area contributed by atoms with E-state index >= 15 is 0 Å². The van der Waals surface area contributed by atoms with Crippen molar-refractivity contribution >= 4 is 0 Å². The Hall–Kier alpha value is -0.120. The summed E-state index contributed by atoms with van der Waals surface area (Å²) in [6.45, 7) is 2.61. The minimum Gasteiger partial charge on any atom is -0.394 e. The molecule has 3 heteroatoms. The Labute approximate surface area is 48.2 Å². The number of hydrogen-bond donors (Lipinski definition) is 1. The van der Waals surface area contributed by atoms with Gasteiger partial charge in [0.25, 0.3) is 0 Å². The van der Waals surface area contributed by atoms with Gasteiger partial charge in [0.1, 0.15) is 12.7 Å². The Morgan fingerprint density at radius 3 is 3.00 bits per heavy atom. The van der Waals surface area contributed by atoms with Crippen molar-refractivity contribution in [2.24, 2.45) is 0 Å². The van der Waals surface area contributed by atoms with E-state index in [9.17, 15) is 0 Å². The molecular formula is C5H9O3. The summed E-state index contributed by atoms with van der Waals surface area (Å²) in [5.74, 6) is 0. The number of aliphatic hydroxyl groups is 1. The predicted molar refractivity (Wildman–Crippen MR) is 27.1 cm³/mol. The molecule has 0 aromatic heterocycles. The third kappa shape index (κ3) is 1.43. The summed E-state index contributed by atoms with van der Waals surface area (Å²) in [5, 5.41) is 8.47. The van der Waals surface area contributed by atoms with E-state index < -0.39 is 0 Å². The summed E-state index contributed by atoms with van der Waals surface area (Å²) in [5.41, 5.74) is 0. The van der Waals surface area contributed by atoms with E-state index in [2.05, 4.69) is 0 Å². The molecule has 0 spiro atoms. The van der Waals surface area contributed by atoms with Crippen LogP contribution in [0, 0.1) is 6.61 Å². The maximum atomic E-state index is 8.47. The molecule has 0 amide bonds. The smallest absolute Gasteiger partial charge is 0.109 e. The lowest BCUT2D eigenvalue weighted by atomic mass is 10.4. The van der Waals surface area contributed by atoms with Crippen LogP contribution in [0.15, 0.2) is 0 Å². The van der Waals surface area contributed by atoms with Crippen LogP contribution in [0.4, 0.5) is 0 Å². The van der Waals surface area contributed by atoms with Crippen LogP contribution in [-0.4, -0.2) is 31.0 Å². The molecule has 1 aliphatic heterocycles. The Balaban J connectivity index is 2.13. The zero-order chi connectivity index (χ0) is 5.82. The van der Waals surface area contributed by atoms with E-state index in [1.54, 1.807) is 6.61 Å². The third-order valence-corrected chi connectivity index (χ3v) is 1.00. The topological polar surface area (TPSA) is 38.7 Å². The quantitative estimate of drug-likeness (QED) is 0.506. The highest BCUT2D eigenvalue weighted by molar-refractivity contribution is 4.63. The Bertz CT molecular complexity index is 58.7. The van der Waals surface area contributed by atoms with Crippen LogP contribution in [0.25, 0.3) is 0 Å². The van der Waals surface area contributed by atoms with Gasteiger partial charge in [-0.25, -0.2) is 0 Å². The van der Waals surface area contributed by atoms with E-state index in [1.807, 2.05) is 0 Å². The molecule has 0 aromatic carbocycles. The summed E-state index contributed by atoms with van der Waals surface area (Å²) >= 11 is 0. The lowest BCUT2D eigenvalue weighted by Gasteiger charge is -2.19. The molecule has 47 valence electrons. The van der Waals surface area contributed by atoms with E-state index in [1.165, 1.54) is 0 Å². The van der Waals surface area contributed by atoms with E-state index in [0.29, 0.717) is 13.2 Å². The van der Waals surface area contributed by atoms with Gasteiger partial charge in [-0.1, -0.05) is 0 Å². The largest absolute Gasteiger partial charge is 0.394 e. The van der Waals surface area contributed by atoms with Crippen LogP contribution in [-0.2, 0) is 9.47 Å². The van der Waals surface area contributed by atoms with Crippen LogP contribution < -0.4 is 0 Å². The average Bonchev–Trinajstić information content (AvgIpc) is 1.90. The van der Waals surface area contributed by atoms with Crippen LogP contribution in [0.5, 0.6) is 0 Å². The van der Waals surface area contributed by atoms with Gasteiger partial charge in [0.05, 0.1) is 19.8 Å². The number of aliphatic hydroxyl groups excluding tert-OH is 1. The van der Waals surface area contributed by atoms with Crippen LogP contribution in [0.1, 0.15) is 0 Å². The maximum Gasteiger partial charge on any atom is 0.109 e. The number of hydrogen-bond acceptors (Lipinski definition) is 3. The second-order valence-electron chi connectivity index (χ2n) is 1.64. The molecule has 1 rings (SSSR count). The van der Waals surface area contributed by atoms with Crippen molar-refractivity contribution in [3.05, 3.63) is 6.61 Å². The monoisotopic (exact) mass is 117 g/mol. The highest BCUT2D eigenvalue weighted by atomic mass is 16.6. The first-order valence-corrected chi connectivity index (χ1v) is 2.59. The number of ether oxygens (including phenoxy) is 2. The van der Waals surface area contributed by atoms with Crippen molar-refractivity contribution in [1.29, 1.82) is 0 Å². The summed E-state index contributed by atoms with van der Waals surface area (Å²) in [6, 6.07) is 0. The van der Waals surface area contributed by atoms with E-state index in [0.717, 1.165) is 0 Å². The normalized spacial score (nSPS) is 30.4. The fraction of sp³-hybridized carbons (Fsp3) is 0.800. The molecule has 1 fully saturated rings. The minimum atomic E-state index is -0.111. The molecule has 8 heavy (non-hydrogen) atoms. The van der Waals surface area contributed by atoms with Gasteiger partial charge in [-0.05, 0) is 0 Å². The SMILES string of the molecule is OCC1CO[CH]CO1. The minimum absolute atomic E-state index is 0.0494. The molecule has 1 radical (unpaired) electrons. The average molecular weight is 117 g/mol. The van der Waals surface area contributed by atoms with Crippen molar-refractivity contribution in [3.63, 3.8) is 0 Å². The molecule has 1 N–H and O–H groups in total. The van der Waals surface area contributed by atoms with Gasteiger partial charge in [-0.15, -0.1) is 0 Å². The van der Waals surface area contributed by atoms with Gasteiger partial charge >= 0.3 is 0 Å². The molecule has 0 aliphatic carbocycles. The Morgan fingerprint density at radius 2 is 2.62 bits per heavy atom. The third-order valence-electron chi connectivity index (χ3n) is 1.00. The molecular weight excluding hydrogens is 108 g/mol. The van der Waals surface area contributed by atoms with Gasteiger partial charge in [-0.3, -0.25) is 0 Å². The summed E-state index contributed by atoms with van der Waals surface area (Å²) in [7, 11) is 0. The van der Waals surface area contributed by atoms with E-state index in [4.69, 9.17) is 14.6 Å². The predicted octanol–water partition coefficient (Wildman–Crippen LogP) is -0.444. The maximum absolute atomic E-state index is 8.47. The molecule has 1 unspecified atom stereocenters. The summed E-state index contributed by atoms with van der Waals surface area (Å²) < 4.78 is 9.86. The van der Waals surface area contributed by atoms with Crippen LogP contribution in [0.2, 0.25) is 0 Å². The molecule has 0 aromatic rings. The first-order chi connectivity index (χ1) is 3.93. The fourth-order valence-electron chi connectivity index (χ4n) is 0.552. The lowest BCUT2D eigenvalue weighted by Crippen LogP contribution is -2.28. The van der Waals surface area contributed by atoms with Crippen LogP contribution >= 0.6 is 0 Å². The second-order valence-corrected chi connectivity index (χ2v) is 1.64. The Morgan fingerprint density at radius 1 is 1.75 bits per heavy atom. The van der Waals surface area contributed by atoms with E-state index in [-0.39, 0.29) is 12.7 Å². The van der Waals surface area contributed by atoms with Crippen molar-refractivity contribution in [1.82, 2.24) is 0 Å². The summed E-state index contributed by atoms with van der Waals surface area (Å²) in [4.78, 5) is 0. The standard InChI is InChI=1S/C5H9O3/c6-3-5-4-7-1-2-8-5/h1,5-6H,2-4H2. The van der Waals surface area contributed by atoms with Crippen molar-refractivity contribution < 1.29 is 14.6 Å². The first-order valence-electron chi connectivity index (χ1n) is 2.59. The highest BCUT2D eigenvalue weighted by Gasteiger charge is 2.11. The summed E-state index contributed by atoms with van der Waals surface area (Å²) in [6.07, 6.45) is -0.111. The molecule has 0 saturated carbocycles. The second kappa shape index (κ2) is 3.02. The molecule has 1 atom stereocenters. The van der Waals surface area contributed by atoms with Gasteiger partial charge in [0, 0.05) is 0 Å². The highest BCUT2D eigenvalue weighted by Crippen LogP contribution is 2.00. The molecule has 1 heterocycles. The van der Waals surface area contributed by atoms with Crippen LogP contribution in [0.3, 0.4) is 0 Å². The van der Waals surface area contributed by atoms with Gasteiger partial charge in [0.15, 0.2) is 0 Å². The van der Waals surface area contributed by atoms with Crippen molar-refractivity contribution in [2.45, 2.75) is 6.10 Å². The first kappa shape index (κ1) is 6.01. The van der Waals surface area contributed by atoms with Gasteiger partial charge in [-0.2, -0.15) is 0 Å². The Kier molecular flexibility index (Phi) is 2.27.